The first-order valence-electron chi connectivity index (χ1n) is 5.99. The van der Waals surface area contributed by atoms with Gasteiger partial charge in [-0.15, -0.1) is 11.6 Å². The smallest absolute Gasteiger partial charge is 0.129 e. The van der Waals surface area contributed by atoms with Crippen LogP contribution in [-0.2, 0) is 5.88 Å². The molecule has 0 saturated heterocycles. The number of imidazole rings is 1. The van der Waals surface area contributed by atoms with E-state index in [2.05, 4.69) is 4.98 Å². The first-order valence-corrected chi connectivity index (χ1v) is 6.52. The molecule has 1 heterocycles. The van der Waals surface area contributed by atoms with Gasteiger partial charge in [0.15, 0.2) is 0 Å². The van der Waals surface area contributed by atoms with Crippen molar-refractivity contribution < 1.29 is 4.39 Å². The largest absolute Gasteiger partial charge is 0.295 e. The van der Waals surface area contributed by atoms with E-state index in [9.17, 15) is 4.39 Å². The third kappa shape index (κ3) is 2.10. The molecular weight excluding hydrogens is 263 g/mol. The van der Waals surface area contributed by atoms with Crippen molar-refractivity contribution in [3.05, 3.63) is 59.7 Å². The maximum atomic E-state index is 13.4. The summed E-state index contributed by atoms with van der Waals surface area (Å²) in [6.45, 7) is 2.02. The van der Waals surface area contributed by atoms with Gasteiger partial charge in [0.1, 0.15) is 11.6 Å². The van der Waals surface area contributed by atoms with Gasteiger partial charge in [-0.3, -0.25) is 4.57 Å². The van der Waals surface area contributed by atoms with Crippen LogP contribution in [0, 0.1) is 12.7 Å². The Kier molecular flexibility index (Phi) is 2.99. The van der Waals surface area contributed by atoms with Gasteiger partial charge in [0.2, 0.25) is 0 Å². The lowest BCUT2D eigenvalue weighted by atomic mass is 10.2. The molecule has 0 fully saturated rings. The number of fused-ring (bicyclic) bond motifs is 1. The summed E-state index contributed by atoms with van der Waals surface area (Å²) < 4.78 is 15.3. The highest BCUT2D eigenvalue weighted by Crippen LogP contribution is 2.24. The van der Waals surface area contributed by atoms with Crippen molar-refractivity contribution in [3.63, 3.8) is 0 Å². The zero-order chi connectivity index (χ0) is 13.4. The zero-order valence-electron chi connectivity index (χ0n) is 10.4. The van der Waals surface area contributed by atoms with Gasteiger partial charge in [0.05, 0.1) is 22.6 Å². The lowest BCUT2D eigenvalue weighted by molar-refractivity contribution is 0.626. The average molecular weight is 275 g/mol. The van der Waals surface area contributed by atoms with E-state index in [1.165, 1.54) is 12.1 Å². The van der Waals surface area contributed by atoms with Gasteiger partial charge < -0.3 is 0 Å². The molecule has 0 aliphatic heterocycles. The third-order valence-corrected chi connectivity index (χ3v) is 3.30. The van der Waals surface area contributed by atoms with Gasteiger partial charge in [-0.05, 0) is 42.8 Å². The molecule has 0 unspecified atom stereocenters. The van der Waals surface area contributed by atoms with Crippen molar-refractivity contribution in [1.29, 1.82) is 0 Å². The molecule has 0 spiro atoms. The molecule has 3 aromatic rings. The Hall–Kier alpha value is -1.87. The van der Waals surface area contributed by atoms with E-state index in [-0.39, 0.29) is 11.7 Å². The minimum Gasteiger partial charge on any atom is -0.295 e. The molecule has 0 saturated carbocycles. The van der Waals surface area contributed by atoms with Crippen molar-refractivity contribution in [2.75, 3.05) is 0 Å². The van der Waals surface area contributed by atoms with Crippen molar-refractivity contribution in [3.8, 4) is 5.69 Å². The van der Waals surface area contributed by atoms with E-state index >= 15 is 0 Å². The first kappa shape index (κ1) is 12.2. The van der Waals surface area contributed by atoms with Gasteiger partial charge in [0, 0.05) is 0 Å². The molecule has 0 atom stereocenters. The summed E-state index contributed by atoms with van der Waals surface area (Å²) in [4.78, 5) is 4.49. The second-order valence-corrected chi connectivity index (χ2v) is 4.74. The molecule has 0 amide bonds. The fourth-order valence-electron chi connectivity index (χ4n) is 2.23. The second kappa shape index (κ2) is 4.67. The molecule has 0 aliphatic carbocycles. The van der Waals surface area contributed by atoms with Crippen LogP contribution in [0.5, 0.6) is 0 Å². The molecule has 0 N–H and O–H groups in total. The number of rotatable bonds is 2. The van der Waals surface area contributed by atoms with Gasteiger partial charge >= 0.3 is 0 Å². The second-order valence-electron chi connectivity index (χ2n) is 4.47. The summed E-state index contributed by atoms with van der Waals surface area (Å²) >= 11 is 5.96. The number of halogens is 2. The molecule has 0 bridgehead atoms. The molecule has 2 aromatic carbocycles. The molecule has 3 rings (SSSR count). The van der Waals surface area contributed by atoms with Crippen molar-refractivity contribution >= 4 is 22.6 Å². The van der Waals surface area contributed by atoms with Crippen LogP contribution in [0.15, 0.2) is 42.5 Å². The highest BCUT2D eigenvalue weighted by molar-refractivity contribution is 6.17. The Balaban J connectivity index is 2.34. The Morgan fingerprint density at radius 2 is 2.05 bits per heavy atom. The van der Waals surface area contributed by atoms with Crippen LogP contribution in [0.4, 0.5) is 4.39 Å². The molecule has 19 heavy (non-hydrogen) atoms. The van der Waals surface area contributed by atoms with Crippen LogP contribution in [0.2, 0.25) is 0 Å². The van der Waals surface area contributed by atoms with Crippen LogP contribution < -0.4 is 0 Å². The molecule has 96 valence electrons. The number of benzene rings is 2. The summed E-state index contributed by atoms with van der Waals surface area (Å²) in [6, 6.07) is 12.4. The lowest BCUT2D eigenvalue weighted by Crippen LogP contribution is -1.99. The standard InChI is InChI=1S/C15H12ClFN2/c1-10-5-6-13-14(7-10)19(15(9-16)18-13)12-4-2-3-11(17)8-12/h2-8H,9H2,1H3. The van der Waals surface area contributed by atoms with E-state index in [1.807, 2.05) is 35.8 Å². The van der Waals surface area contributed by atoms with Gasteiger partial charge in [0.25, 0.3) is 0 Å². The average Bonchev–Trinajstić information content (AvgIpc) is 2.76. The summed E-state index contributed by atoms with van der Waals surface area (Å²) in [5.74, 6) is 0.727. The molecular formula is C15H12ClFN2. The van der Waals surface area contributed by atoms with E-state index in [1.54, 1.807) is 6.07 Å². The van der Waals surface area contributed by atoms with E-state index in [0.29, 0.717) is 5.82 Å². The van der Waals surface area contributed by atoms with Crippen molar-refractivity contribution in [2.45, 2.75) is 12.8 Å². The maximum Gasteiger partial charge on any atom is 0.129 e. The number of aryl methyl sites for hydroxylation is 1. The lowest BCUT2D eigenvalue weighted by Gasteiger charge is -2.08. The summed E-state index contributed by atoms with van der Waals surface area (Å²) in [7, 11) is 0. The van der Waals surface area contributed by atoms with Crippen LogP contribution in [0.1, 0.15) is 11.4 Å². The fraction of sp³-hybridized carbons (Fsp3) is 0.133. The predicted molar refractivity (Wildman–Crippen MR) is 75.3 cm³/mol. The molecule has 1 aromatic heterocycles. The maximum absolute atomic E-state index is 13.4. The van der Waals surface area contributed by atoms with E-state index in [4.69, 9.17) is 11.6 Å². The molecule has 2 nitrogen and oxygen atoms in total. The molecule has 0 radical (unpaired) electrons. The number of alkyl halides is 1. The quantitative estimate of drug-likeness (QED) is 0.640. The number of hydrogen-bond donors (Lipinski definition) is 0. The van der Waals surface area contributed by atoms with Crippen LogP contribution in [0.25, 0.3) is 16.7 Å². The molecule has 0 aliphatic rings. The predicted octanol–water partition coefficient (Wildman–Crippen LogP) is 4.21. The highest BCUT2D eigenvalue weighted by Gasteiger charge is 2.12. The number of aromatic nitrogens is 2. The van der Waals surface area contributed by atoms with Crippen molar-refractivity contribution in [2.24, 2.45) is 0 Å². The topological polar surface area (TPSA) is 17.8 Å². The monoisotopic (exact) mass is 274 g/mol. The fourth-order valence-corrected chi connectivity index (χ4v) is 2.41. The third-order valence-electron chi connectivity index (χ3n) is 3.07. The van der Waals surface area contributed by atoms with Crippen molar-refractivity contribution in [1.82, 2.24) is 9.55 Å². The Bertz CT molecular complexity index is 749. The minimum atomic E-state index is -0.271. The Morgan fingerprint density at radius 1 is 1.21 bits per heavy atom. The zero-order valence-corrected chi connectivity index (χ0v) is 11.2. The molecule has 4 heteroatoms. The Labute approximate surface area is 115 Å². The normalized spacial score (nSPS) is 11.1. The van der Waals surface area contributed by atoms with Crippen LogP contribution in [0.3, 0.4) is 0 Å². The Morgan fingerprint density at radius 3 is 2.79 bits per heavy atom. The highest BCUT2D eigenvalue weighted by atomic mass is 35.5. The van der Waals surface area contributed by atoms with Crippen LogP contribution >= 0.6 is 11.6 Å². The minimum absolute atomic E-state index is 0.271. The van der Waals surface area contributed by atoms with Gasteiger partial charge in [-0.2, -0.15) is 0 Å². The first-order chi connectivity index (χ1) is 9.19. The number of hydrogen-bond acceptors (Lipinski definition) is 1. The SMILES string of the molecule is Cc1ccc2nc(CCl)n(-c3cccc(F)c3)c2c1. The van der Waals surface area contributed by atoms with Gasteiger partial charge in [-0.1, -0.05) is 12.1 Å². The van der Waals surface area contributed by atoms with Gasteiger partial charge in [-0.25, -0.2) is 9.37 Å². The summed E-state index contributed by atoms with van der Waals surface area (Å²) in [5.41, 5.74) is 3.68. The van der Waals surface area contributed by atoms with E-state index < -0.39 is 0 Å². The van der Waals surface area contributed by atoms with Crippen LogP contribution in [-0.4, -0.2) is 9.55 Å². The number of nitrogens with zero attached hydrogens (tertiary/aromatic N) is 2. The summed E-state index contributed by atoms with van der Waals surface area (Å²) in [5, 5.41) is 0. The summed E-state index contributed by atoms with van der Waals surface area (Å²) in [6.07, 6.45) is 0. The van der Waals surface area contributed by atoms with E-state index in [0.717, 1.165) is 22.3 Å².